The minimum atomic E-state index is 0.0602. The number of rotatable bonds is 2. The smallest absolute Gasteiger partial charge is 0.112 e. The van der Waals surface area contributed by atoms with Crippen LogP contribution in [0.4, 0.5) is 0 Å². The molecule has 4 rings (SSSR count). The van der Waals surface area contributed by atoms with Crippen LogP contribution in [0.15, 0.2) is 30.3 Å². The summed E-state index contributed by atoms with van der Waals surface area (Å²) in [6, 6.07) is 12.6. The maximum Gasteiger partial charge on any atom is 0.112 e. The first-order valence-corrected chi connectivity index (χ1v) is 8.38. The zero-order chi connectivity index (χ0) is 14.6. The van der Waals surface area contributed by atoms with E-state index in [-0.39, 0.29) is 5.60 Å². The van der Waals surface area contributed by atoms with Crippen LogP contribution in [0.2, 0.25) is 0 Å². The molecule has 1 aliphatic carbocycles. The van der Waals surface area contributed by atoms with E-state index < -0.39 is 0 Å². The summed E-state index contributed by atoms with van der Waals surface area (Å²) >= 11 is 0. The molecule has 1 spiro atoms. The van der Waals surface area contributed by atoms with Gasteiger partial charge in [0.25, 0.3) is 0 Å². The van der Waals surface area contributed by atoms with Gasteiger partial charge in [0.15, 0.2) is 0 Å². The van der Waals surface area contributed by atoms with Crippen molar-refractivity contribution < 1.29 is 4.84 Å². The molecule has 1 saturated carbocycles. The lowest BCUT2D eigenvalue weighted by molar-refractivity contribution is -0.198. The Kier molecular flexibility index (Phi) is 3.14. The molecule has 2 heterocycles. The molecule has 3 fully saturated rings. The molecule has 1 aromatic rings. The summed E-state index contributed by atoms with van der Waals surface area (Å²) in [4.78, 5) is 9.18. The van der Waals surface area contributed by atoms with Crippen molar-refractivity contribution in [2.75, 3.05) is 14.1 Å². The summed E-state index contributed by atoms with van der Waals surface area (Å²) in [7, 11) is 4.45. The fourth-order valence-corrected chi connectivity index (χ4v) is 5.54. The maximum atomic E-state index is 6.56. The Morgan fingerprint density at radius 3 is 2.71 bits per heavy atom. The van der Waals surface area contributed by atoms with Crippen LogP contribution in [0.5, 0.6) is 0 Å². The molecule has 1 aromatic carbocycles. The first-order chi connectivity index (χ1) is 10.2. The third-order valence-electron chi connectivity index (χ3n) is 6.21. The van der Waals surface area contributed by atoms with Gasteiger partial charge in [0.1, 0.15) is 5.60 Å². The van der Waals surface area contributed by atoms with Gasteiger partial charge in [0.05, 0.1) is 6.04 Å². The van der Waals surface area contributed by atoms with Gasteiger partial charge in [0, 0.05) is 25.0 Å². The molecule has 0 bridgehead atoms. The number of nitrogens with zero attached hydrogens (tertiary/aromatic N) is 2. The molecule has 3 heteroatoms. The molecule has 114 valence electrons. The first kappa shape index (κ1) is 13.7. The van der Waals surface area contributed by atoms with Crippen molar-refractivity contribution >= 4 is 0 Å². The molecule has 3 nitrogen and oxygen atoms in total. The van der Waals surface area contributed by atoms with Gasteiger partial charge in [-0.05, 0) is 38.3 Å². The van der Waals surface area contributed by atoms with Crippen LogP contribution in [-0.2, 0) is 4.84 Å². The second-order valence-electron chi connectivity index (χ2n) is 7.02. The first-order valence-electron chi connectivity index (χ1n) is 8.38. The minimum absolute atomic E-state index is 0.0602. The van der Waals surface area contributed by atoms with Gasteiger partial charge < -0.3 is 0 Å². The lowest BCUT2D eigenvalue weighted by Crippen LogP contribution is -2.42. The van der Waals surface area contributed by atoms with Gasteiger partial charge in [0.2, 0.25) is 0 Å². The van der Waals surface area contributed by atoms with Crippen molar-refractivity contribution in [1.29, 1.82) is 0 Å². The predicted octanol–water partition coefficient (Wildman–Crippen LogP) is 3.24. The molecule has 2 saturated heterocycles. The average Bonchev–Trinajstić information content (AvgIpc) is 3.08. The van der Waals surface area contributed by atoms with Crippen LogP contribution in [-0.4, -0.2) is 41.7 Å². The molecule has 0 aromatic heterocycles. The van der Waals surface area contributed by atoms with Gasteiger partial charge in [-0.2, -0.15) is 5.06 Å². The second kappa shape index (κ2) is 4.80. The van der Waals surface area contributed by atoms with Crippen LogP contribution in [0, 0.1) is 5.92 Å². The quantitative estimate of drug-likeness (QED) is 0.830. The van der Waals surface area contributed by atoms with Gasteiger partial charge in [-0.1, -0.05) is 37.3 Å². The van der Waals surface area contributed by atoms with E-state index in [1.807, 2.05) is 0 Å². The van der Waals surface area contributed by atoms with Gasteiger partial charge in [-0.15, -0.1) is 0 Å². The Hall–Kier alpha value is -0.900. The molecule has 5 atom stereocenters. The fraction of sp³-hybridized carbons (Fsp3) is 0.667. The number of likely N-dealkylation sites (tertiary alicyclic amines) is 1. The van der Waals surface area contributed by atoms with Crippen molar-refractivity contribution in [3.05, 3.63) is 35.9 Å². The van der Waals surface area contributed by atoms with Gasteiger partial charge >= 0.3 is 0 Å². The van der Waals surface area contributed by atoms with E-state index in [1.54, 1.807) is 0 Å². The monoisotopic (exact) mass is 286 g/mol. The molecule has 3 aliphatic rings. The van der Waals surface area contributed by atoms with E-state index in [0.717, 1.165) is 0 Å². The third-order valence-corrected chi connectivity index (χ3v) is 6.21. The van der Waals surface area contributed by atoms with Gasteiger partial charge in [-0.25, -0.2) is 0 Å². The largest absolute Gasteiger partial charge is 0.297 e. The Morgan fingerprint density at radius 1 is 1.24 bits per heavy atom. The molecule has 21 heavy (non-hydrogen) atoms. The Labute approximate surface area is 127 Å². The van der Waals surface area contributed by atoms with E-state index in [1.165, 1.54) is 31.2 Å². The molecule has 0 amide bonds. The Bertz CT molecular complexity index is 519. The van der Waals surface area contributed by atoms with E-state index in [0.29, 0.717) is 24.0 Å². The summed E-state index contributed by atoms with van der Waals surface area (Å²) in [6.07, 6.45) is 5.02. The van der Waals surface area contributed by atoms with Crippen LogP contribution in [0.25, 0.3) is 0 Å². The van der Waals surface area contributed by atoms with Crippen molar-refractivity contribution in [3.8, 4) is 0 Å². The highest BCUT2D eigenvalue weighted by Gasteiger charge is 2.67. The predicted molar refractivity (Wildman–Crippen MR) is 83.7 cm³/mol. The van der Waals surface area contributed by atoms with Crippen LogP contribution < -0.4 is 0 Å². The summed E-state index contributed by atoms with van der Waals surface area (Å²) in [5, 5.41) is 2.16. The molecule has 0 N–H and O–H groups in total. The summed E-state index contributed by atoms with van der Waals surface area (Å²) in [6.45, 7) is 2.33. The molecule has 2 aliphatic heterocycles. The molecule has 5 unspecified atom stereocenters. The molecular weight excluding hydrogens is 260 g/mol. The SMILES string of the molecule is CCC1C2C(c3ccccc3)N(C)OC23CCCC3N1C. The van der Waals surface area contributed by atoms with Crippen LogP contribution in [0.3, 0.4) is 0 Å². The lowest BCUT2D eigenvalue weighted by atomic mass is 9.76. The zero-order valence-corrected chi connectivity index (χ0v) is 13.3. The summed E-state index contributed by atoms with van der Waals surface area (Å²) in [5.74, 6) is 0.590. The number of hydrogen-bond acceptors (Lipinski definition) is 3. The van der Waals surface area contributed by atoms with E-state index in [2.05, 4.69) is 61.3 Å². The summed E-state index contributed by atoms with van der Waals surface area (Å²) in [5.41, 5.74) is 1.46. The van der Waals surface area contributed by atoms with Crippen LogP contribution >= 0.6 is 0 Å². The van der Waals surface area contributed by atoms with Crippen molar-refractivity contribution in [2.45, 2.75) is 56.3 Å². The highest BCUT2D eigenvalue weighted by molar-refractivity contribution is 5.27. The van der Waals surface area contributed by atoms with E-state index in [9.17, 15) is 0 Å². The van der Waals surface area contributed by atoms with E-state index in [4.69, 9.17) is 4.84 Å². The number of benzene rings is 1. The third kappa shape index (κ3) is 1.71. The fourth-order valence-electron chi connectivity index (χ4n) is 5.54. The lowest BCUT2D eigenvalue weighted by Gasteiger charge is -2.31. The van der Waals surface area contributed by atoms with Crippen molar-refractivity contribution in [3.63, 3.8) is 0 Å². The van der Waals surface area contributed by atoms with Crippen LogP contribution in [0.1, 0.15) is 44.2 Å². The Balaban J connectivity index is 1.80. The maximum absolute atomic E-state index is 6.56. The number of hydroxylamine groups is 2. The minimum Gasteiger partial charge on any atom is -0.297 e. The highest BCUT2D eigenvalue weighted by Crippen LogP contribution is 2.60. The standard InChI is InChI=1S/C18H26N2O/c1-4-14-16-17(13-9-6-5-7-10-13)20(3)21-18(16)12-8-11-15(18)19(14)2/h5-7,9-10,14-17H,4,8,11-12H2,1-3H3. The summed E-state index contributed by atoms with van der Waals surface area (Å²) < 4.78 is 0. The van der Waals surface area contributed by atoms with Crippen molar-refractivity contribution in [2.24, 2.45) is 5.92 Å². The number of hydrogen-bond donors (Lipinski definition) is 0. The normalized spacial score (nSPS) is 43.2. The highest BCUT2D eigenvalue weighted by atomic mass is 16.7. The molecule has 0 radical (unpaired) electrons. The van der Waals surface area contributed by atoms with Gasteiger partial charge in [-0.3, -0.25) is 9.74 Å². The van der Waals surface area contributed by atoms with Crippen molar-refractivity contribution in [1.82, 2.24) is 9.96 Å². The second-order valence-corrected chi connectivity index (χ2v) is 7.02. The zero-order valence-electron chi connectivity index (χ0n) is 13.3. The average molecular weight is 286 g/mol. The van der Waals surface area contributed by atoms with E-state index >= 15 is 0 Å². The number of likely N-dealkylation sites (N-methyl/N-ethyl adjacent to an activating group) is 1. The molecular formula is C18H26N2O. The Morgan fingerprint density at radius 2 is 2.00 bits per heavy atom. The topological polar surface area (TPSA) is 15.7 Å².